The van der Waals surface area contributed by atoms with Gasteiger partial charge in [0.05, 0.1) is 6.54 Å². The number of aliphatic imine (C=N–C) groups is 1. The number of piperidine rings is 2. The van der Waals surface area contributed by atoms with Crippen molar-refractivity contribution in [3.63, 3.8) is 0 Å². The Balaban J connectivity index is 1.69. The molecule has 4 nitrogen and oxygen atoms in total. The zero-order valence-corrected chi connectivity index (χ0v) is 12.6. The molecule has 0 spiro atoms. The van der Waals surface area contributed by atoms with Gasteiger partial charge in [0.1, 0.15) is 0 Å². The molecule has 2 fully saturated rings. The van der Waals surface area contributed by atoms with Crippen molar-refractivity contribution in [3.8, 4) is 0 Å². The molecule has 0 radical (unpaired) electrons. The summed E-state index contributed by atoms with van der Waals surface area (Å²) in [6.07, 6.45) is 5.25. The van der Waals surface area contributed by atoms with E-state index in [1.54, 1.807) is 0 Å². The minimum absolute atomic E-state index is 0.756. The third-order valence-corrected chi connectivity index (χ3v) is 4.55. The molecule has 2 aliphatic heterocycles. The number of hydrogen-bond acceptors (Lipinski definition) is 2. The summed E-state index contributed by atoms with van der Waals surface area (Å²) in [5.74, 6) is 2.42. The molecule has 0 aromatic carbocycles. The summed E-state index contributed by atoms with van der Waals surface area (Å²) in [7, 11) is 0. The van der Waals surface area contributed by atoms with Gasteiger partial charge in [0.15, 0.2) is 5.96 Å². The molecule has 2 heterocycles. The lowest BCUT2D eigenvalue weighted by Crippen LogP contribution is -2.44. The molecule has 0 aliphatic carbocycles. The van der Waals surface area contributed by atoms with Crippen molar-refractivity contribution in [1.82, 2.24) is 9.80 Å². The van der Waals surface area contributed by atoms with E-state index in [1.165, 1.54) is 38.8 Å². The van der Waals surface area contributed by atoms with Gasteiger partial charge in [0.25, 0.3) is 0 Å². The average molecular weight is 266 g/mol. The van der Waals surface area contributed by atoms with Crippen molar-refractivity contribution in [3.05, 3.63) is 0 Å². The smallest absolute Gasteiger partial charge is 0.191 e. The third kappa shape index (κ3) is 4.68. The second-order valence-corrected chi connectivity index (χ2v) is 6.46. The highest BCUT2D eigenvalue weighted by atomic mass is 15.3. The first kappa shape index (κ1) is 14.6. The van der Waals surface area contributed by atoms with Crippen LogP contribution < -0.4 is 5.73 Å². The molecular weight excluding hydrogens is 236 g/mol. The monoisotopic (exact) mass is 266 g/mol. The van der Waals surface area contributed by atoms with Gasteiger partial charge in [0.2, 0.25) is 0 Å². The summed E-state index contributed by atoms with van der Waals surface area (Å²) in [6, 6.07) is 0. The normalized spacial score (nSPS) is 27.8. The van der Waals surface area contributed by atoms with Crippen LogP contribution in [-0.4, -0.2) is 55.0 Å². The Labute approximate surface area is 118 Å². The third-order valence-electron chi connectivity index (χ3n) is 4.55. The Hall–Kier alpha value is -0.770. The summed E-state index contributed by atoms with van der Waals surface area (Å²) in [5, 5.41) is 0. The largest absolute Gasteiger partial charge is 0.370 e. The van der Waals surface area contributed by atoms with Crippen LogP contribution in [0.25, 0.3) is 0 Å². The summed E-state index contributed by atoms with van der Waals surface area (Å²) >= 11 is 0. The number of rotatable bonds is 3. The minimum Gasteiger partial charge on any atom is -0.370 e. The number of likely N-dealkylation sites (tertiary alicyclic amines) is 2. The van der Waals surface area contributed by atoms with Crippen LogP contribution in [0.3, 0.4) is 0 Å². The topological polar surface area (TPSA) is 44.9 Å². The molecule has 1 unspecified atom stereocenters. The zero-order chi connectivity index (χ0) is 13.7. The van der Waals surface area contributed by atoms with Gasteiger partial charge in [0, 0.05) is 19.6 Å². The van der Waals surface area contributed by atoms with Crippen molar-refractivity contribution < 1.29 is 0 Å². The molecule has 0 bridgehead atoms. The molecule has 4 heteroatoms. The highest BCUT2D eigenvalue weighted by Gasteiger charge is 2.18. The van der Waals surface area contributed by atoms with E-state index >= 15 is 0 Å². The van der Waals surface area contributed by atoms with E-state index in [2.05, 4.69) is 28.6 Å². The van der Waals surface area contributed by atoms with Gasteiger partial charge in [-0.3, -0.25) is 4.99 Å². The molecule has 110 valence electrons. The molecule has 2 aliphatic rings. The highest BCUT2D eigenvalue weighted by molar-refractivity contribution is 5.78. The molecule has 0 aromatic rings. The number of hydrogen-bond donors (Lipinski definition) is 1. The molecule has 0 aromatic heterocycles. The Morgan fingerprint density at radius 2 is 1.84 bits per heavy atom. The van der Waals surface area contributed by atoms with Gasteiger partial charge in [-0.05, 0) is 50.6 Å². The van der Waals surface area contributed by atoms with Crippen LogP contribution in [0.15, 0.2) is 4.99 Å². The second kappa shape index (κ2) is 7.13. The van der Waals surface area contributed by atoms with Gasteiger partial charge in [-0.15, -0.1) is 0 Å². The van der Waals surface area contributed by atoms with E-state index in [-0.39, 0.29) is 0 Å². The maximum absolute atomic E-state index is 6.11. The van der Waals surface area contributed by atoms with Crippen LogP contribution in [0.1, 0.15) is 39.5 Å². The zero-order valence-electron chi connectivity index (χ0n) is 12.6. The highest BCUT2D eigenvalue weighted by Crippen LogP contribution is 2.16. The fourth-order valence-corrected chi connectivity index (χ4v) is 3.09. The van der Waals surface area contributed by atoms with Gasteiger partial charge in [-0.1, -0.05) is 13.8 Å². The lowest BCUT2D eigenvalue weighted by atomic mass is 9.99. The van der Waals surface area contributed by atoms with Crippen molar-refractivity contribution >= 4 is 5.96 Å². The number of guanidine groups is 1. The second-order valence-electron chi connectivity index (χ2n) is 6.46. The van der Waals surface area contributed by atoms with Crippen LogP contribution in [0.4, 0.5) is 0 Å². The van der Waals surface area contributed by atoms with E-state index in [9.17, 15) is 0 Å². The van der Waals surface area contributed by atoms with Gasteiger partial charge in [-0.25, -0.2) is 0 Å². The van der Waals surface area contributed by atoms with Crippen LogP contribution >= 0.6 is 0 Å². The fourth-order valence-electron chi connectivity index (χ4n) is 3.09. The maximum Gasteiger partial charge on any atom is 0.191 e. The van der Waals surface area contributed by atoms with Gasteiger partial charge in [-0.2, -0.15) is 0 Å². The summed E-state index contributed by atoms with van der Waals surface area (Å²) in [6.45, 7) is 11.2. The Morgan fingerprint density at radius 3 is 2.53 bits per heavy atom. The lowest BCUT2D eigenvalue weighted by Gasteiger charge is -2.32. The van der Waals surface area contributed by atoms with Crippen molar-refractivity contribution in [1.29, 1.82) is 0 Å². The first-order valence-electron chi connectivity index (χ1n) is 7.92. The van der Waals surface area contributed by atoms with Crippen LogP contribution in [0, 0.1) is 11.8 Å². The molecule has 1 atom stereocenters. The van der Waals surface area contributed by atoms with Crippen LogP contribution in [-0.2, 0) is 0 Å². The number of nitrogens with zero attached hydrogens (tertiary/aromatic N) is 3. The van der Waals surface area contributed by atoms with Crippen molar-refractivity contribution in [2.24, 2.45) is 22.6 Å². The predicted octanol–water partition coefficient (Wildman–Crippen LogP) is 1.76. The average Bonchev–Trinajstić information content (AvgIpc) is 2.41. The maximum atomic E-state index is 6.11. The Bertz CT molecular complexity index is 295. The summed E-state index contributed by atoms with van der Waals surface area (Å²) in [5.41, 5.74) is 6.11. The SMILES string of the molecule is CC1CCN(CCN=C(N)N2CCCC(C)C2)CC1. The predicted molar refractivity (Wildman–Crippen MR) is 81.3 cm³/mol. The van der Waals surface area contributed by atoms with E-state index < -0.39 is 0 Å². The van der Waals surface area contributed by atoms with Crippen LogP contribution in [0.5, 0.6) is 0 Å². The fraction of sp³-hybridized carbons (Fsp3) is 0.933. The first-order valence-corrected chi connectivity index (χ1v) is 7.92. The molecule has 0 saturated carbocycles. The van der Waals surface area contributed by atoms with E-state index in [1.807, 2.05) is 0 Å². The molecule has 2 saturated heterocycles. The molecule has 2 rings (SSSR count). The van der Waals surface area contributed by atoms with Gasteiger partial charge < -0.3 is 15.5 Å². The lowest BCUT2D eigenvalue weighted by molar-refractivity contribution is 0.197. The van der Waals surface area contributed by atoms with Crippen molar-refractivity contribution in [2.45, 2.75) is 39.5 Å². The molecule has 19 heavy (non-hydrogen) atoms. The molecule has 2 N–H and O–H groups in total. The number of nitrogens with two attached hydrogens (primary N) is 1. The van der Waals surface area contributed by atoms with Gasteiger partial charge >= 0.3 is 0 Å². The Kier molecular flexibility index (Phi) is 5.49. The standard InChI is InChI=1S/C15H30N4/c1-13-5-9-18(10-6-13)11-7-17-15(16)19-8-3-4-14(2)12-19/h13-14H,3-12H2,1-2H3,(H2,16,17). The minimum atomic E-state index is 0.756. The first-order chi connectivity index (χ1) is 9.15. The summed E-state index contributed by atoms with van der Waals surface area (Å²) in [4.78, 5) is 9.35. The molecular formula is C15H30N4. The van der Waals surface area contributed by atoms with Crippen LogP contribution in [0.2, 0.25) is 0 Å². The van der Waals surface area contributed by atoms with E-state index in [4.69, 9.17) is 5.73 Å². The van der Waals surface area contributed by atoms with E-state index in [0.717, 1.165) is 44.0 Å². The summed E-state index contributed by atoms with van der Waals surface area (Å²) < 4.78 is 0. The Morgan fingerprint density at radius 1 is 1.11 bits per heavy atom. The molecule has 0 amide bonds. The quantitative estimate of drug-likeness (QED) is 0.625. The van der Waals surface area contributed by atoms with E-state index in [0.29, 0.717) is 0 Å². The van der Waals surface area contributed by atoms with Crippen molar-refractivity contribution in [2.75, 3.05) is 39.3 Å².